The molecule has 1 heterocycles. The number of benzene rings is 1. The number of ether oxygens (including phenoxy) is 1. The molecule has 0 aliphatic carbocycles. The Morgan fingerprint density at radius 3 is 2.35 bits per heavy atom. The molecular weight excluding hydrogens is 467 g/mol. The van der Waals surface area contributed by atoms with E-state index in [1.54, 1.807) is 0 Å². The van der Waals surface area contributed by atoms with Crippen LogP contribution in [0.25, 0.3) is 0 Å². The van der Waals surface area contributed by atoms with Crippen molar-refractivity contribution >= 4 is 40.0 Å². The van der Waals surface area contributed by atoms with Crippen molar-refractivity contribution in [3.8, 4) is 0 Å². The molecule has 0 spiro atoms. The molecule has 7 nitrogen and oxygen atoms in total. The second-order valence-corrected chi connectivity index (χ2v) is 7.85. The Kier molecular flexibility index (Phi) is 9.83. The van der Waals surface area contributed by atoms with Gasteiger partial charge >= 0.3 is 0 Å². The first kappa shape index (κ1) is 23.1. The van der Waals surface area contributed by atoms with E-state index >= 15 is 0 Å². The Hall–Kier alpha value is -0.910. The van der Waals surface area contributed by atoms with Crippen molar-refractivity contribution < 1.29 is 13.2 Å². The number of nitrogens with zero attached hydrogens (tertiary/aromatic N) is 3. The molecule has 0 atom stereocenters. The molecule has 2 rings (SSSR count). The normalized spacial score (nSPS) is 16.2. The minimum Gasteiger partial charge on any atom is -0.379 e. The van der Waals surface area contributed by atoms with E-state index in [-0.39, 0.29) is 29.7 Å². The molecule has 0 aromatic heterocycles. The molecule has 1 fully saturated rings. The number of aliphatic imine (C=N–C) groups is 1. The summed E-state index contributed by atoms with van der Waals surface area (Å²) in [5.74, 6) is 0.458. The van der Waals surface area contributed by atoms with Gasteiger partial charge in [0.1, 0.15) is 0 Å². The summed E-state index contributed by atoms with van der Waals surface area (Å²) in [6, 6.07) is 7.49. The molecule has 0 bridgehead atoms. The van der Waals surface area contributed by atoms with Crippen LogP contribution in [0.5, 0.6) is 0 Å². The third-order valence-electron chi connectivity index (χ3n) is 4.32. The summed E-state index contributed by atoms with van der Waals surface area (Å²) in [4.78, 5) is 6.40. The van der Waals surface area contributed by atoms with Crippen molar-refractivity contribution in [2.75, 3.05) is 39.4 Å². The van der Waals surface area contributed by atoms with Gasteiger partial charge in [-0.15, -0.1) is 24.0 Å². The fourth-order valence-electron chi connectivity index (χ4n) is 2.78. The highest BCUT2D eigenvalue weighted by molar-refractivity contribution is 14.0. The van der Waals surface area contributed by atoms with Crippen LogP contribution in [-0.4, -0.2) is 63.0 Å². The van der Waals surface area contributed by atoms with Crippen molar-refractivity contribution in [2.24, 2.45) is 10.7 Å². The monoisotopic (exact) mass is 496 g/mol. The fourth-order valence-corrected chi connectivity index (χ4v) is 4.34. The molecule has 9 heteroatoms. The van der Waals surface area contributed by atoms with Crippen molar-refractivity contribution in [3.63, 3.8) is 0 Å². The van der Waals surface area contributed by atoms with Crippen molar-refractivity contribution in [2.45, 2.75) is 26.1 Å². The van der Waals surface area contributed by atoms with Crippen LogP contribution >= 0.6 is 24.0 Å². The van der Waals surface area contributed by atoms with E-state index in [0.717, 1.165) is 24.2 Å². The minimum atomic E-state index is -3.36. The highest BCUT2D eigenvalue weighted by Gasteiger charge is 2.25. The summed E-state index contributed by atoms with van der Waals surface area (Å²) in [7, 11) is -3.36. The maximum absolute atomic E-state index is 12.6. The van der Waals surface area contributed by atoms with E-state index in [2.05, 4.69) is 4.99 Å². The zero-order valence-electron chi connectivity index (χ0n) is 15.4. The van der Waals surface area contributed by atoms with Crippen LogP contribution in [0, 0.1) is 0 Å². The Labute approximate surface area is 173 Å². The first-order valence-electron chi connectivity index (χ1n) is 8.65. The lowest BCUT2D eigenvalue weighted by atomic mass is 10.1. The number of hydrogen-bond acceptors (Lipinski definition) is 4. The van der Waals surface area contributed by atoms with Gasteiger partial charge in [0, 0.05) is 26.2 Å². The van der Waals surface area contributed by atoms with Gasteiger partial charge in [-0.2, -0.15) is 4.31 Å². The number of rotatable bonds is 7. The molecule has 26 heavy (non-hydrogen) atoms. The van der Waals surface area contributed by atoms with Gasteiger partial charge in [-0.1, -0.05) is 24.3 Å². The summed E-state index contributed by atoms with van der Waals surface area (Å²) in [5.41, 5.74) is 7.67. The van der Waals surface area contributed by atoms with E-state index < -0.39 is 10.0 Å². The fraction of sp³-hybridized carbons (Fsp3) is 0.588. The summed E-state index contributed by atoms with van der Waals surface area (Å²) < 4.78 is 32.0. The Morgan fingerprint density at radius 1 is 1.19 bits per heavy atom. The lowest BCUT2D eigenvalue weighted by Gasteiger charge is -2.26. The van der Waals surface area contributed by atoms with Gasteiger partial charge in [0.15, 0.2) is 5.96 Å². The van der Waals surface area contributed by atoms with Gasteiger partial charge in [-0.25, -0.2) is 13.4 Å². The Bertz CT molecular complexity index is 687. The average molecular weight is 496 g/mol. The molecule has 148 valence electrons. The third kappa shape index (κ3) is 6.36. The predicted molar refractivity (Wildman–Crippen MR) is 115 cm³/mol. The van der Waals surface area contributed by atoms with Crippen LogP contribution in [0.1, 0.15) is 25.0 Å². The zero-order chi connectivity index (χ0) is 18.3. The third-order valence-corrected chi connectivity index (χ3v) is 6.15. The maximum atomic E-state index is 12.6. The van der Waals surface area contributed by atoms with E-state index in [1.807, 2.05) is 43.0 Å². The van der Waals surface area contributed by atoms with Crippen LogP contribution in [0.3, 0.4) is 0 Å². The van der Waals surface area contributed by atoms with Gasteiger partial charge in [-0.3, -0.25) is 0 Å². The van der Waals surface area contributed by atoms with E-state index in [9.17, 15) is 8.42 Å². The van der Waals surface area contributed by atoms with Crippen molar-refractivity contribution in [1.29, 1.82) is 0 Å². The maximum Gasteiger partial charge on any atom is 0.218 e. The zero-order valence-corrected chi connectivity index (χ0v) is 18.6. The molecule has 1 saturated heterocycles. The van der Waals surface area contributed by atoms with Crippen LogP contribution in [0.15, 0.2) is 29.3 Å². The van der Waals surface area contributed by atoms with Crippen LogP contribution in [0.4, 0.5) is 0 Å². The van der Waals surface area contributed by atoms with Crippen molar-refractivity contribution in [3.05, 3.63) is 35.4 Å². The molecule has 0 unspecified atom stereocenters. The number of nitrogens with two attached hydrogens (primary N) is 1. The van der Waals surface area contributed by atoms with Gasteiger partial charge in [-0.05, 0) is 25.0 Å². The van der Waals surface area contributed by atoms with E-state index in [1.165, 1.54) is 4.31 Å². The van der Waals surface area contributed by atoms with Gasteiger partial charge in [0.05, 0.1) is 25.5 Å². The molecule has 1 aromatic rings. The topological polar surface area (TPSA) is 88.2 Å². The predicted octanol–water partition coefficient (Wildman–Crippen LogP) is 1.62. The van der Waals surface area contributed by atoms with Crippen LogP contribution in [0.2, 0.25) is 0 Å². The Morgan fingerprint density at radius 2 is 1.77 bits per heavy atom. The second kappa shape index (κ2) is 11.1. The number of hydrogen-bond donors (Lipinski definition) is 1. The minimum absolute atomic E-state index is 0. The molecule has 0 radical (unpaired) electrons. The summed E-state index contributed by atoms with van der Waals surface area (Å²) in [5, 5.41) is 0. The first-order valence-corrected chi connectivity index (χ1v) is 10.3. The first-order chi connectivity index (χ1) is 12.0. The van der Waals surface area contributed by atoms with Crippen molar-refractivity contribution in [1.82, 2.24) is 9.21 Å². The van der Waals surface area contributed by atoms with Crippen LogP contribution < -0.4 is 5.73 Å². The standard InChI is InChI=1S/C17H28N4O3S.HI/c1-3-20(4-2)17(18)19-13-15-7-5-6-8-16(15)14-25(22,23)21-9-11-24-12-10-21;/h5-8H,3-4,9-14H2,1-2H3,(H2,18,19);1H. The second-order valence-electron chi connectivity index (χ2n) is 5.88. The summed E-state index contributed by atoms with van der Waals surface area (Å²) in [6.07, 6.45) is 0. The smallest absolute Gasteiger partial charge is 0.218 e. The average Bonchev–Trinajstić information content (AvgIpc) is 2.62. The number of halogens is 1. The molecule has 1 aliphatic rings. The molecule has 1 aromatic carbocycles. The highest BCUT2D eigenvalue weighted by Crippen LogP contribution is 2.17. The molecular formula is C17H29IN4O3S. The molecule has 0 amide bonds. The lowest BCUT2D eigenvalue weighted by Crippen LogP contribution is -2.41. The molecule has 0 saturated carbocycles. The molecule has 1 aliphatic heterocycles. The Balaban J connectivity index is 0.00000338. The number of morpholine rings is 1. The highest BCUT2D eigenvalue weighted by atomic mass is 127. The quantitative estimate of drug-likeness (QED) is 0.352. The van der Waals surface area contributed by atoms with Crippen LogP contribution in [-0.2, 0) is 27.1 Å². The number of sulfonamides is 1. The number of guanidine groups is 1. The van der Waals surface area contributed by atoms with Gasteiger partial charge in [0.2, 0.25) is 10.0 Å². The largest absolute Gasteiger partial charge is 0.379 e. The van der Waals surface area contributed by atoms with Gasteiger partial charge < -0.3 is 15.4 Å². The lowest BCUT2D eigenvalue weighted by molar-refractivity contribution is 0.0729. The summed E-state index contributed by atoms with van der Waals surface area (Å²) >= 11 is 0. The van der Waals surface area contributed by atoms with E-state index in [0.29, 0.717) is 38.8 Å². The van der Waals surface area contributed by atoms with Gasteiger partial charge in [0.25, 0.3) is 0 Å². The SMILES string of the molecule is CCN(CC)C(N)=NCc1ccccc1CS(=O)(=O)N1CCOCC1.I. The summed E-state index contributed by atoms with van der Waals surface area (Å²) in [6.45, 7) is 7.73. The van der Waals surface area contributed by atoms with E-state index in [4.69, 9.17) is 10.5 Å². The molecule has 2 N–H and O–H groups in total.